The number of hydrogen-bond acceptors (Lipinski definition) is 6. The highest BCUT2D eigenvalue weighted by Gasteiger charge is 2.38. The molecule has 0 bridgehead atoms. The van der Waals surface area contributed by atoms with Gasteiger partial charge < -0.3 is 19.5 Å². The number of rotatable bonds is 9. The smallest absolute Gasteiger partial charge is 0.416 e. The third-order valence-electron chi connectivity index (χ3n) is 4.98. The molecule has 200 valence electrons. The van der Waals surface area contributed by atoms with E-state index in [0.29, 0.717) is 41.5 Å². The van der Waals surface area contributed by atoms with E-state index >= 15 is 0 Å². The molecule has 0 spiro atoms. The number of carbonyl (C=O) groups is 1. The van der Waals surface area contributed by atoms with E-state index in [2.05, 4.69) is 10.3 Å². The Balaban J connectivity index is 1.73. The second-order valence-corrected chi connectivity index (χ2v) is 8.55. The molecule has 6 nitrogen and oxygen atoms in total. The van der Waals surface area contributed by atoms with Crippen molar-refractivity contribution in [2.75, 3.05) is 26.9 Å². The van der Waals surface area contributed by atoms with Crippen molar-refractivity contribution in [3.8, 4) is 11.5 Å². The lowest BCUT2D eigenvalue weighted by molar-refractivity contribution is -0.143. The van der Waals surface area contributed by atoms with Gasteiger partial charge in [0.15, 0.2) is 5.17 Å². The Hall–Kier alpha value is -3.19. The van der Waals surface area contributed by atoms with E-state index in [1.165, 1.54) is 25.3 Å². The molecular weight excluding hydrogens is 526 g/mol. The monoisotopic (exact) mass is 548 g/mol. The Morgan fingerprint density at radius 1 is 1.05 bits per heavy atom. The van der Waals surface area contributed by atoms with Crippen LogP contribution in [0.3, 0.4) is 0 Å². The molecule has 0 saturated heterocycles. The summed E-state index contributed by atoms with van der Waals surface area (Å²) in [6.07, 6.45) is -8.37. The number of halogens is 6. The second kappa shape index (κ2) is 11.9. The summed E-state index contributed by atoms with van der Waals surface area (Å²) in [5.41, 5.74) is -2.81. The van der Waals surface area contributed by atoms with E-state index in [1.54, 1.807) is 6.08 Å². The minimum absolute atomic E-state index is 0.0624. The van der Waals surface area contributed by atoms with Gasteiger partial charge in [0.25, 0.3) is 5.91 Å². The van der Waals surface area contributed by atoms with Crippen LogP contribution in [-0.4, -0.2) is 37.9 Å². The lowest BCUT2D eigenvalue weighted by Gasteiger charge is -2.17. The van der Waals surface area contributed by atoms with Gasteiger partial charge >= 0.3 is 12.4 Å². The number of hydrogen-bond donors (Lipinski definition) is 1. The summed E-state index contributed by atoms with van der Waals surface area (Å²) in [4.78, 5) is 16.5. The van der Waals surface area contributed by atoms with Gasteiger partial charge in [-0.05, 0) is 49.0 Å². The molecule has 1 aliphatic heterocycles. The predicted molar refractivity (Wildman–Crippen MR) is 126 cm³/mol. The standard InChI is InChI=1S/C24H22F6N2O4S/c1-3-35-9-8-31-22-32-21(33)20(37-22)10-14-5-7-17(12-19(14)34-2)36-13-15-4-6-16(23(25,26)27)11-18(15)24(28,29)30/h4-7,10-12H,3,8-9,13H2,1-2H3,(H,31,32,33). The Morgan fingerprint density at radius 2 is 1.81 bits per heavy atom. The van der Waals surface area contributed by atoms with E-state index in [4.69, 9.17) is 14.2 Å². The molecule has 13 heteroatoms. The van der Waals surface area contributed by atoms with Crippen LogP contribution in [0.25, 0.3) is 6.08 Å². The van der Waals surface area contributed by atoms with Crippen molar-refractivity contribution < 1.29 is 45.3 Å². The van der Waals surface area contributed by atoms with Crippen molar-refractivity contribution >= 4 is 28.9 Å². The maximum Gasteiger partial charge on any atom is 0.416 e. The van der Waals surface area contributed by atoms with Crippen LogP contribution in [0.5, 0.6) is 11.5 Å². The zero-order chi connectivity index (χ0) is 27.2. The zero-order valence-corrected chi connectivity index (χ0v) is 20.4. The first-order valence-electron chi connectivity index (χ1n) is 10.8. The summed E-state index contributed by atoms with van der Waals surface area (Å²) >= 11 is 1.13. The molecule has 0 atom stereocenters. The van der Waals surface area contributed by atoms with Gasteiger partial charge in [-0.2, -0.15) is 31.3 Å². The van der Waals surface area contributed by atoms with Gasteiger partial charge in [0.1, 0.15) is 18.1 Å². The summed E-state index contributed by atoms with van der Waals surface area (Å²) in [5.74, 6) is -0.0696. The van der Waals surface area contributed by atoms with Crippen molar-refractivity contribution in [3.63, 3.8) is 0 Å². The fourth-order valence-corrected chi connectivity index (χ4v) is 4.03. The first kappa shape index (κ1) is 28.4. The van der Waals surface area contributed by atoms with Gasteiger partial charge in [0.2, 0.25) is 0 Å². The maximum atomic E-state index is 13.4. The Labute approximate surface area is 212 Å². The van der Waals surface area contributed by atoms with Crippen molar-refractivity contribution in [2.45, 2.75) is 25.9 Å². The predicted octanol–water partition coefficient (Wildman–Crippen LogP) is 5.91. The van der Waals surface area contributed by atoms with Crippen LogP contribution >= 0.6 is 11.8 Å². The average molecular weight is 549 g/mol. The molecule has 0 aliphatic carbocycles. The van der Waals surface area contributed by atoms with Gasteiger partial charge in [-0.15, -0.1) is 0 Å². The lowest BCUT2D eigenvalue weighted by Crippen LogP contribution is -2.23. The summed E-state index contributed by atoms with van der Waals surface area (Å²) < 4.78 is 94.7. The third kappa shape index (κ3) is 7.65. The van der Waals surface area contributed by atoms with Crippen LogP contribution in [0.4, 0.5) is 26.3 Å². The summed E-state index contributed by atoms with van der Waals surface area (Å²) in [6, 6.07) is 5.75. The fourth-order valence-electron chi connectivity index (χ4n) is 3.20. The number of carbonyl (C=O) groups excluding carboxylic acids is 1. The van der Waals surface area contributed by atoms with Crippen LogP contribution in [-0.2, 0) is 28.5 Å². The van der Waals surface area contributed by atoms with Gasteiger partial charge in [0.05, 0.1) is 29.7 Å². The van der Waals surface area contributed by atoms with Gasteiger partial charge in [-0.3, -0.25) is 4.79 Å². The zero-order valence-electron chi connectivity index (χ0n) is 19.6. The summed E-state index contributed by atoms with van der Waals surface area (Å²) in [7, 11) is 1.36. The Morgan fingerprint density at radius 3 is 2.46 bits per heavy atom. The highest BCUT2D eigenvalue weighted by atomic mass is 32.2. The average Bonchev–Trinajstić information content (AvgIpc) is 3.18. The molecule has 2 aromatic rings. The molecule has 1 heterocycles. The number of thioether (sulfide) groups is 1. The molecule has 1 N–H and O–H groups in total. The van der Waals surface area contributed by atoms with E-state index in [0.717, 1.165) is 17.8 Å². The highest BCUT2D eigenvalue weighted by molar-refractivity contribution is 8.18. The van der Waals surface area contributed by atoms with Crippen LogP contribution in [0, 0.1) is 0 Å². The van der Waals surface area contributed by atoms with Gasteiger partial charge in [-0.1, -0.05) is 6.07 Å². The molecule has 0 aromatic heterocycles. The van der Waals surface area contributed by atoms with E-state index in [9.17, 15) is 31.1 Å². The minimum Gasteiger partial charge on any atom is -0.496 e. The topological polar surface area (TPSA) is 69.2 Å². The van der Waals surface area contributed by atoms with Crippen LogP contribution in [0.1, 0.15) is 29.2 Å². The van der Waals surface area contributed by atoms with Gasteiger partial charge in [-0.25, -0.2) is 0 Å². The van der Waals surface area contributed by atoms with Crippen molar-refractivity contribution in [2.24, 2.45) is 4.99 Å². The van der Waals surface area contributed by atoms with Crippen LogP contribution < -0.4 is 14.8 Å². The van der Waals surface area contributed by atoms with Crippen molar-refractivity contribution in [3.05, 3.63) is 63.6 Å². The number of nitrogens with zero attached hydrogens (tertiary/aromatic N) is 1. The van der Waals surface area contributed by atoms with Crippen molar-refractivity contribution in [1.82, 2.24) is 5.32 Å². The molecule has 2 aromatic carbocycles. The molecule has 1 aliphatic rings. The molecule has 0 radical (unpaired) electrons. The SMILES string of the molecule is CCOCCNC1=NC(=O)C(=Cc2ccc(OCc3ccc(C(F)(F)F)cc3C(F)(F)F)cc2OC)S1. The quantitative estimate of drug-likeness (QED) is 0.239. The number of amidine groups is 1. The molecule has 3 rings (SSSR count). The number of ether oxygens (including phenoxy) is 3. The molecular formula is C24H22F6N2O4S. The highest BCUT2D eigenvalue weighted by Crippen LogP contribution is 2.38. The van der Waals surface area contributed by atoms with E-state index < -0.39 is 41.6 Å². The maximum absolute atomic E-state index is 13.4. The van der Waals surface area contributed by atoms with Crippen LogP contribution in [0.2, 0.25) is 0 Å². The minimum atomic E-state index is -5.00. The first-order valence-corrected chi connectivity index (χ1v) is 11.7. The third-order valence-corrected chi connectivity index (χ3v) is 5.92. The first-order chi connectivity index (χ1) is 17.4. The number of methoxy groups -OCH3 is 1. The Bertz CT molecular complexity index is 1190. The number of nitrogens with one attached hydrogen (secondary N) is 1. The van der Waals surface area contributed by atoms with Crippen LogP contribution in [0.15, 0.2) is 46.3 Å². The number of amides is 1. The number of aliphatic imine (C=N–C) groups is 1. The number of alkyl halides is 6. The van der Waals surface area contributed by atoms with Gasteiger partial charge in [0, 0.05) is 30.3 Å². The van der Waals surface area contributed by atoms with E-state index in [-0.39, 0.29) is 17.6 Å². The normalized spacial score (nSPS) is 15.2. The molecule has 37 heavy (non-hydrogen) atoms. The lowest BCUT2D eigenvalue weighted by atomic mass is 10.0. The Kier molecular flexibility index (Phi) is 9.13. The van der Waals surface area contributed by atoms with Crippen molar-refractivity contribution in [1.29, 1.82) is 0 Å². The summed E-state index contributed by atoms with van der Waals surface area (Å²) in [5, 5.41) is 3.41. The molecule has 1 amide bonds. The molecule has 0 unspecified atom stereocenters. The fraction of sp³-hybridized carbons (Fsp3) is 0.333. The largest absolute Gasteiger partial charge is 0.496 e. The molecule has 0 fully saturated rings. The summed E-state index contributed by atoms with van der Waals surface area (Å²) in [6.45, 7) is 2.73. The van der Waals surface area contributed by atoms with E-state index in [1.807, 2.05) is 6.92 Å². The number of benzene rings is 2. The second-order valence-electron chi connectivity index (χ2n) is 7.52. The molecule has 0 saturated carbocycles.